The van der Waals surface area contributed by atoms with E-state index < -0.39 is 36.5 Å². The molecule has 5 heteroatoms. The van der Waals surface area contributed by atoms with Gasteiger partial charge in [0.2, 0.25) is 0 Å². The molecular formula is C7H10O5. The van der Waals surface area contributed by atoms with Crippen LogP contribution in [0.1, 0.15) is 6.92 Å². The molecule has 12 heavy (non-hydrogen) atoms. The van der Waals surface area contributed by atoms with Gasteiger partial charge < -0.3 is 14.9 Å². The third-order valence-electron chi connectivity index (χ3n) is 1.84. The van der Waals surface area contributed by atoms with Crippen molar-refractivity contribution in [1.29, 1.82) is 0 Å². The van der Waals surface area contributed by atoms with Gasteiger partial charge in [-0.3, -0.25) is 9.59 Å². The fraction of sp³-hybridized carbons (Fsp3) is 0.714. The van der Waals surface area contributed by atoms with E-state index in [9.17, 15) is 9.59 Å². The number of carbonyl (C=O) groups is 2. The molecule has 2 N–H and O–H groups in total. The minimum Gasteiger partial charge on any atom is -0.451 e. The Morgan fingerprint density at radius 2 is 2.17 bits per heavy atom. The van der Waals surface area contributed by atoms with Crippen molar-refractivity contribution in [3.63, 3.8) is 0 Å². The first kappa shape index (κ1) is 9.15. The zero-order valence-electron chi connectivity index (χ0n) is 6.56. The van der Waals surface area contributed by atoms with Crippen LogP contribution in [-0.4, -0.2) is 40.8 Å². The Morgan fingerprint density at radius 1 is 1.58 bits per heavy atom. The van der Waals surface area contributed by atoms with Crippen LogP contribution in [0.5, 0.6) is 0 Å². The predicted molar refractivity (Wildman–Crippen MR) is 37.1 cm³/mol. The van der Waals surface area contributed by atoms with E-state index in [0.29, 0.717) is 0 Å². The zero-order chi connectivity index (χ0) is 9.30. The maximum atomic E-state index is 11.1. The molecule has 5 nitrogen and oxygen atoms in total. The summed E-state index contributed by atoms with van der Waals surface area (Å²) in [7, 11) is 0. The lowest BCUT2D eigenvalue weighted by Gasteiger charge is -2.12. The number of rotatable bonds is 2. The predicted octanol–water partition coefficient (Wildman–Crippen LogP) is -1.53. The number of carbonyl (C=O) groups excluding carboxylic acids is 2. The van der Waals surface area contributed by atoms with Crippen LogP contribution in [0.15, 0.2) is 0 Å². The van der Waals surface area contributed by atoms with Crippen molar-refractivity contribution in [2.45, 2.75) is 19.1 Å². The van der Waals surface area contributed by atoms with Gasteiger partial charge in [0.15, 0.2) is 11.9 Å². The third kappa shape index (κ3) is 1.33. The Kier molecular flexibility index (Phi) is 2.44. The summed E-state index contributed by atoms with van der Waals surface area (Å²) >= 11 is 0. The van der Waals surface area contributed by atoms with E-state index in [1.54, 1.807) is 0 Å². The first-order chi connectivity index (χ1) is 5.57. The van der Waals surface area contributed by atoms with Crippen molar-refractivity contribution in [3.05, 3.63) is 0 Å². The van der Waals surface area contributed by atoms with Crippen LogP contribution in [-0.2, 0) is 14.3 Å². The van der Waals surface area contributed by atoms with Crippen molar-refractivity contribution >= 4 is 11.8 Å². The van der Waals surface area contributed by atoms with Crippen LogP contribution in [0, 0.1) is 5.92 Å². The molecule has 0 amide bonds. The van der Waals surface area contributed by atoms with Gasteiger partial charge in [-0.05, 0) is 6.92 Å². The fourth-order valence-corrected chi connectivity index (χ4v) is 1.01. The van der Waals surface area contributed by atoms with Crippen LogP contribution in [0.3, 0.4) is 0 Å². The summed E-state index contributed by atoms with van der Waals surface area (Å²) in [5.74, 6) is -1.93. The van der Waals surface area contributed by atoms with E-state index >= 15 is 0 Å². The van der Waals surface area contributed by atoms with Crippen LogP contribution in [0.2, 0.25) is 0 Å². The molecule has 0 bridgehead atoms. The summed E-state index contributed by atoms with van der Waals surface area (Å²) in [6, 6.07) is 0. The highest BCUT2D eigenvalue weighted by Gasteiger charge is 2.43. The first-order valence-electron chi connectivity index (χ1n) is 3.61. The van der Waals surface area contributed by atoms with Crippen LogP contribution < -0.4 is 0 Å². The zero-order valence-corrected chi connectivity index (χ0v) is 6.56. The number of hydrogen-bond donors (Lipinski definition) is 2. The van der Waals surface area contributed by atoms with E-state index in [0.717, 1.165) is 0 Å². The molecule has 0 aliphatic carbocycles. The first-order valence-corrected chi connectivity index (χ1v) is 3.61. The third-order valence-corrected chi connectivity index (χ3v) is 1.84. The molecule has 1 saturated heterocycles. The number of Topliss-reactive ketones (excluding diaryl/α,β-unsaturated/α-hetero) is 1. The molecule has 1 aliphatic rings. The number of ketones is 1. The van der Waals surface area contributed by atoms with Gasteiger partial charge in [-0.1, -0.05) is 0 Å². The van der Waals surface area contributed by atoms with Crippen molar-refractivity contribution in [2.75, 3.05) is 6.61 Å². The molecule has 0 aromatic rings. The smallest absolute Gasteiger partial charge is 0.317 e. The Balaban J connectivity index is 2.71. The van der Waals surface area contributed by atoms with Gasteiger partial charge in [-0.15, -0.1) is 0 Å². The summed E-state index contributed by atoms with van der Waals surface area (Å²) in [6.45, 7) is 0.825. The fourth-order valence-electron chi connectivity index (χ4n) is 1.01. The minimum atomic E-state index is -1.30. The molecule has 1 fully saturated rings. The van der Waals surface area contributed by atoms with Gasteiger partial charge in [0.1, 0.15) is 12.0 Å². The lowest BCUT2D eigenvalue weighted by atomic mass is 10.0. The standard InChI is InChI=1S/C7H10O5/c1-3-5(10)6(4(9)2-8)12-7(3)11/h3-4,6,8-9H,2H2,1H3. The van der Waals surface area contributed by atoms with E-state index in [1.165, 1.54) is 6.92 Å². The quantitative estimate of drug-likeness (QED) is 0.392. The summed E-state index contributed by atoms with van der Waals surface area (Å²) in [4.78, 5) is 21.9. The summed E-state index contributed by atoms with van der Waals surface area (Å²) < 4.78 is 4.54. The van der Waals surface area contributed by atoms with Crippen LogP contribution in [0.4, 0.5) is 0 Å². The molecule has 0 radical (unpaired) electrons. The highest BCUT2D eigenvalue weighted by Crippen LogP contribution is 2.18. The summed E-state index contributed by atoms with van der Waals surface area (Å²) in [5.41, 5.74) is 0. The second kappa shape index (κ2) is 3.20. The van der Waals surface area contributed by atoms with Crippen molar-refractivity contribution in [2.24, 2.45) is 5.92 Å². The average molecular weight is 174 g/mol. The number of hydrogen-bond acceptors (Lipinski definition) is 5. The maximum absolute atomic E-state index is 11.1. The van der Waals surface area contributed by atoms with Gasteiger partial charge in [0, 0.05) is 0 Å². The number of aliphatic hydroxyl groups is 2. The number of esters is 1. The SMILES string of the molecule is CC1C(=O)OC(C(O)CO)C1=O. The van der Waals surface area contributed by atoms with Crippen molar-refractivity contribution < 1.29 is 24.5 Å². The Hall–Kier alpha value is -0.940. The lowest BCUT2D eigenvalue weighted by Crippen LogP contribution is -2.35. The Labute approximate surface area is 68.9 Å². The number of cyclic esters (lactones) is 1. The molecule has 0 spiro atoms. The van der Waals surface area contributed by atoms with E-state index in [-0.39, 0.29) is 0 Å². The Bertz CT molecular complexity index is 212. The molecule has 0 aromatic heterocycles. The van der Waals surface area contributed by atoms with Gasteiger partial charge in [0.05, 0.1) is 6.61 Å². The van der Waals surface area contributed by atoms with E-state index in [2.05, 4.69) is 4.74 Å². The van der Waals surface area contributed by atoms with Crippen molar-refractivity contribution in [3.8, 4) is 0 Å². The monoisotopic (exact) mass is 174 g/mol. The maximum Gasteiger partial charge on any atom is 0.317 e. The topological polar surface area (TPSA) is 83.8 Å². The van der Waals surface area contributed by atoms with Gasteiger partial charge in [-0.2, -0.15) is 0 Å². The molecular weight excluding hydrogens is 164 g/mol. The number of ether oxygens (including phenoxy) is 1. The molecule has 0 aromatic carbocycles. The molecule has 68 valence electrons. The molecule has 1 heterocycles. The average Bonchev–Trinajstić information content (AvgIpc) is 2.32. The van der Waals surface area contributed by atoms with Gasteiger partial charge >= 0.3 is 5.97 Å². The highest BCUT2D eigenvalue weighted by molar-refractivity contribution is 6.06. The molecule has 0 saturated carbocycles. The molecule has 1 rings (SSSR count). The normalized spacial score (nSPS) is 31.9. The lowest BCUT2D eigenvalue weighted by molar-refractivity contribution is -0.149. The minimum absolute atomic E-state index is 0.471. The molecule has 3 unspecified atom stereocenters. The largest absolute Gasteiger partial charge is 0.451 e. The summed E-state index contributed by atoms with van der Waals surface area (Å²) in [5, 5.41) is 17.5. The Morgan fingerprint density at radius 3 is 2.50 bits per heavy atom. The van der Waals surface area contributed by atoms with Crippen LogP contribution >= 0.6 is 0 Å². The molecule has 1 aliphatic heterocycles. The van der Waals surface area contributed by atoms with Gasteiger partial charge in [-0.25, -0.2) is 0 Å². The van der Waals surface area contributed by atoms with Gasteiger partial charge in [0.25, 0.3) is 0 Å². The van der Waals surface area contributed by atoms with E-state index in [4.69, 9.17) is 10.2 Å². The second-order valence-electron chi connectivity index (χ2n) is 2.73. The summed E-state index contributed by atoms with van der Waals surface area (Å²) in [6.07, 6.45) is -2.48. The van der Waals surface area contributed by atoms with Crippen LogP contribution in [0.25, 0.3) is 0 Å². The van der Waals surface area contributed by atoms with E-state index in [1.807, 2.05) is 0 Å². The molecule has 3 atom stereocenters. The second-order valence-corrected chi connectivity index (χ2v) is 2.73. The van der Waals surface area contributed by atoms with Crippen molar-refractivity contribution in [1.82, 2.24) is 0 Å². The number of aliphatic hydroxyl groups excluding tert-OH is 2. The highest BCUT2D eigenvalue weighted by atomic mass is 16.6.